The Morgan fingerprint density at radius 3 is 2.72 bits per heavy atom. The van der Waals surface area contributed by atoms with Gasteiger partial charge in [-0.25, -0.2) is 0 Å². The summed E-state index contributed by atoms with van der Waals surface area (Å²) in [4.78, 5) is 31.4. The van der Waals surface area contributed by atoms with Crippen LogP contribution < -0.4 is 10.6 Å². The Morgan fingerprint density at radius 1 is 1.44 bits per heavy atom. The Morgan fingerprint density at radius 2 is 2.17 bits per heavy atom. The maximum atomic E-state index is 10.8. The highest BCUT2D eigenvalue weighted by Crippen LogP contribution is 2.24. The Labute approximate surface area is 103 Å². The van der Waals surface area contributed by atoms with Crippen LogP contribution in [0, 0.1) is 10.1 Å². The third kappa shape index (κ3) is 3.85. The number of nitro benzene ring substituents is 1. The second kappa shape index (κ2) is 6.33. The summed E-state index contributed by atoms with van der Waals surface area (Å²) in [7, 11) is 0. The van der Waals surface area contributed by atoms with Gasteiger partial charge in [0.05, 0.1) is 4.92 Å². The van der Waals surface area contributed by atoms with Crippen molar-refractivity contribution in [1.29, 1.82) is 0 Å². The number of amides is 1. The molecular weight excluding hydrogens is 238 g/mol. The minimum atomic E-state index is -0.562. The maximum absolute atomic E-state index is 10.8. The first-order valence-corrected chi connectivity index (χ1v) is 5.26. The van der Waals surface area contributed by atoms with E-state index in [0.29, 0.717) is 25.1 Å². The largest absolute Gasteiger partial charge is 0.378 e. The van der Waals surface area contributed by atoms with Gasteiger partial charge < -0.3 is 10.6 Å². The summed E-state index contributed by atoms with van der Waals surface area (Å²) < 4.78 is 0. The molecule has 0 heterocycles. The number of nitrogens with one attached hydrogen (secondary N) is 2. The molecule has 7 nitrogen and oxygen atoms in total. The first-order chi connectivity index (χ1) is 8.54. The maximum Gasteiger partial charge on any atom is 0.293 e. The van der Waals surface area contributed by atoms with E-state index < -0.39 is 4.92 Å². The average molecular weight is 251 g/mol. The van der Waals surface area contributed by atoms with Crippen molar-refractivity contribution in [3.63, 3.8) is 0 Å². The van der Waals surface area contributed by atoms with Gasteiger partial charge in [-0.1, -0.05) is 0 Å². The number of hydrogen-bond acceptors (Lipinski definition) is 5. The molecule has 0 aliphatic heterocycles. The predicted octanol–water partition coefficient (Wildman–Crippen LogP) is 0.955. The summed E-state index contributed by atoms with van der Waals surface area (Å²) in [5.41, 5.74) is 0.396. The van der Waals surface area contributed by atoms with Gasteiger partial charge in [-0.05, 0) is 12.1 Å². The molecule has 7 heteroatoms. The van der Waals surface area contributed by atoms with Gasteiger partial charge in [0.1, 0.15) is 12.0 Å². The molecule has 2 N–H and O–H groups in total. The fraction of sp³-hybridized carbons (Fsp3) is 0.273. The van der Waals surface area contributed by atoms with Crippen LogP contribution in [0.1, 0.15) is 17.3 Å². The molecule has 0 aromatic heterocycles. The summed E-state index contributed by atoms with van der Waals surface area (Å²) in [6.45, 7) is 2.12. The molecule has 0 radical (unpaired) electrons. The van der Waals surface area contributed by atoms with Crippen LogP contribution in [0.4, 0.5) is 11.4 Å². The van der Waals surface area contributed by atoms with E-state index >= 15 is 0 Å². The molecular formula is C11H13N3O4. The number of carbonyl (C=O) groups excluding carboxylic acids is 2. The monoisotopic (exact) mass is 251 g/mol. The predicted molar refractivity (Wildman–Crippen MR) is 65.7 cm³/mol. The highest BCUT2D eigenvalue weighted by molar-refractivity contribution is 5.79. The second-order valence-electron chi connectivity index (χ2n) is 3.56. The number of hydrogen-bond donors (Lipinski definition) is 2. The van der Waals surface area contributed by atoms with Gasteiger partial charge in [-0.15, -0.1) is 0 Å². The van der Waals surface area contributed by atoms with Crippen molar-refractivity contribution in [1.82, 2.24) is 5.32 Å². The lowest BCUT2D eigenvalue weighted by Gasteiger charge is -2.07. The molecule has 1 aromatic rings. The lowest BCUT2D eigenvalue weighted by atomic mass is 10.2. The topological polar surface area (TPSA) is 101 Å². The van der Waals surface area contributed by atoms with Crippen LogP contribution in [0.25, 0.3) is 0 Å². The summed E-state index contributed by atoms with van der Waals surface area (Å²) >= 11 is 0. The van der Waals surface area contributed by atoms with Gasteiger partial charge in [0.25, 0.3) is 5.69 Å². The van der Waals surface area contributed by atoms with Gasteiger partial charge in [0.2, 0.25) is 5.91 Å². The van der Waals surface area contributed by atoms with E-state index in [1.165, 1.54) is 25.1 Å². The Kier molecular flexibility index (Phi) is 4.79. The molecule has 1 rings (SSSR count). The van der Waals surface area contributed by atoms with Crippen molar-refractivity contribution in [2.45, 2.75) is 6.92 Å². The third-order valence-corrected chi connectivity index (χ3v) is 2.17. The minimum Gasteiger partial charge on any atom is -0.378 e. The van der Waals surface area contributed by atoms with Crippen molar-refractivity contribution in [2.75, 3.05) is 18.4 Å². The van der Waals surface area contributed by atoms with Crippen LogP contribution in [0.15, 0.2) is 18.2 Å². The molecule has 0 fully saturated rings. The van der Waals surface area contributed by atoms with E-state index in [1.54, 1.807) is 0 Å². The van der Waals surface area contributed by atoms with Gasteiger partial charge in [0.15, 0.2) is 0 Å². The molecule has 1 aromatic carbocycles. The first-order valence-electron chi connectivity index (χ1n) is 5.26. The average Bonchev–Trinajstić information content (AvgIpc) is 2.34. The molecule has 0 spiro atoms. The van der Waals surface area contributed by atoms with Gasteiger partial charge in [0, 0.05) is 31.6 Å². The summed E-state index contributed by atoms with van der Waals surface area (Å²) in [5, 5.41) is 16.2. The number of anilines is 1. The summed E-state index contributed by atoms with van der Waals surface area (Å²) in [5.74, 6) is -0.164. The van der Waals surface area contributed by atoms with Crippen molar-refractivity contribution in [3.8, 4) is 0 Å². The number of benzene rings is 1. The number of nitro groups is 1. The fourth-order valence-corrected chi connectivity index (χ4v) is 1.36. The summed E-state index contributed by atoms with van der Waals surface area (Å²) in [6.07, 6.45) is 0.550. The normalized spacial score (nSPS) is 9.61. The molecule has 0 unspecified atom stereocenters. The molecule has 0 aliphatic rings. The van der Waals surface area contributed by atoms with Crippen LogP contribution >= 0.6 is 0 Å². The van der Waals surface area contributed by atoms with Crippen molar-refractivity contribution in [3.05, 3.63) is 33.9 Å². The van der Waals surface area contributed by atoms with Gasteiger partial charge in [-0.3, -0.25) is 19.7 Å². The molecule has 0 atom stereocenters. The van der Waals surface area contributed by atoms with Gasteiger partial charge >= 0.3 is 0 Å². The van der Waals surface area contributed by atoms with Crippen molar-refractivity contribution >= 4 is 23.6 Å². The van der Waals surface area contributed by atoms with E-state index in [2.05, 4.69) is 10.6 Å². The minimum absolute atomic E-state index is 0.164. The van der Waals surface area contributed by atoms with Crippen LogP contribution in [0.3, 0.4) is 0 Å². The fourth-order valence-electron chi connectivity index (χ4n) is 1.36. The number of nitrogens with zero attached hydrogens (tertiary/aromatic N) is 1. The molecule has 18 heavy (non-hydrogen) atoms. The Hall–Kier alpha value is -2.44. The molecule has 0 aliphatic carbocycles. The van der Waals surface area contributed by atoms with Crippen LogP contribution in [0.2, 0.25) is 0 Å². The Bertz CT molecular complexity index is 473. The SMILES string of the molecule is CC(=O)NCCNc1ccc(C=O)cc1[N+](=O)[O-]. The zero-order valence-corrected chi connectivity index (χ0v) is 9.80. The zero-order valence-electron chi connectivity index (χ0n) is 9.80. The van der Waals surface area contributed by atoms with Crippen molar-refractivity contribution < 1.29 is 14.5 Å². The van der Waals surface area contributed by atoms with Crippen LogP contribution in [-0.4, -0.2) is 30.2 Å². The van der Waals surface area contributed by atoms with E-state index in [-0.39, 0.29) is 17.2 Å². The molecule has 0 bridgehead atoms. The van der Waals surface area contributed by atoms with Gasteiger partial charge in [-0.2, -0.15) is 0 Å². The standard InChI is InChI=1S/C11H13N3O4/c1-8(16)12-4-5-13-10-3-2-9(7-15)6-11(10)14(17)18/h2-3,6-7,13H,4-5H2,1H3,(H,12,16). The molecule has 1 amide bonds. The second-order valence-corrected chi connectivity index (χ2v) is 3.56. The number of aldehydes is 1. The van der Waals surface area contributed by atoms with E-state index in [9.17, 15) is 19.7 Å². The van der Waals surface area contributed by atoms with Crippen LogP contribution in [-0.2, 0) is 4.79 Å². The first kappa shape index (κ1) is 13.6. The zero-order chi connectivity index (χ0) is 13.5. The van der Waals surface area contributed by atoms with Crippen molar-refractivity contribution in [2.24, 2.45) is 0 Å². The van der Waals surface area contributed by atoms with E-state index in [1.807, 2.05) is 0 Å². The number of carbonyl (C=O) groups is 2. The smallest absolute Gasteiger partial charge is 0.293 e. The number of rotatable bonds is 6. The lowest BCUT2D eigenvalue weighted by molar-refractivity contribution is -0.384. The Balaban J connectivity index is 2.72. The summed E-state index contributed by atoms with van der Waals surface area (Å²) in [6, 6.07) is 4.16. The van der Waals surface area contributed by atoms with Crippen LogP contribution in [0.5, 0.6) is 0 Å². The quantitative estimate of drug-likeness (QED) is 0.339. The third-order valence-electron chi connectivity index (χ3n) is 2.17. The van der Waals surface area contributed by atoms with E-state index in [0.717, 1.165) is 0 Å². The lowest BCUT2D eigenvalue weighted by Crippen LogP contribution is -2.26. The highest BCUT2D eigenvalue weighted by Gasteiger charge is 2.13. The molecule has 0 saturated heterocycles. The van der Waals surface area contributed by atoms with E-state index in [4.69, 9.17) is 0 Å². The highest BCUT2D eigenvalue weighted by atomic mass is 16.6. The molecule has 96 valence electrons. The molecule has 0 saturated carbocycles.